The molecule has 0 radical (unpaired) electrons. The van der Waals surface area contributed by atoms with Gasteiger partial charge >= 0.3 is 0 Å². The molecule has 0 aliphatic carbocycles. The number of nitrogens with two attached hydrogens (primary N) is 2. The molecule has 1 aliphatic heterocycles. The minimum Gasteiger partial charge on any atom is -0.494 e. The molecule has 0 bridgehead atoms. The molecule has 1 amide bonds. The average Bonchev–Trinajstić information content (AvgIpc) is 3.32. The molecule has 3 aromatic rings. The van der Waals surface area contributed by atoms with Gasteiger partial charge in [-0.1, -0.05) is 12.6 Å². The van der Waals surface area contributed by atoms with E-state index in [1.165, 1.54) is 6.08 Å². The molecule has 206 valence electrons. The number of benzene rings is 2. The van der Waals surface area contributed by atoms with Crippen molar-refractivity contribution < 1.29 is 9.53 Å². The molecule has 1 saturated heterocycles. The third kappa shape index (κ3) is 6.21. The highest BCUT2D eigenvalue weighted by Crippen LogP contribution is 2.39. The van der Waals surface area contributed by atoms with Crippen molar-refractivity contribution in [1.29, 1.82) is 0 Å². The Hall–Kier alpha value is -4.35. The summed E-state index contributed by atoms with van der Waals surface area (Å²) in [5, 5.41) is 8.17. The molecule has 6 N–H and O–H groups in total. The zero-order valence-corrected chi connectivity index (χ0v) is 22.9. The Bertz CT molecular complexity index is 1420. The second-order valence-electron chi connectivity index (χ2n) is 9.63. The van der Waals surface area contributed by atoms with Crippen LogP contribution in [0.15, 0.2) is 60.3 Å². The van der Waals surface area contributed by atoms with Crippen LogP contribution in [0, 0.1) is 0 Å². The molecule has 0 atom stereocenters. The number of amidine groups is 1. The maximum absolute atomic E-state index is 12.3. The van der Waals surface area contributed by atoms with Crippen molar-refractivity contribution in [3.8, 4) is 5.75 Å². The molecule has 1 aliphatic rings. The highest BCUT2D eigenvalue weighted by Gasteiger charge is 2.23. The van der Waals surface area contributed by atoms with E-state index in [9.17, 15) is 4.79 Å². The maximum atomic E-state index is 12.3. The fourth-order valence-corrected chi connectivity index (χ4v) is 4.64. The first-order valence-electron chi connectivity index (χ1n) is 12.8. The SMILES string of the molecule is C=CC(=O)Nc1cc(N=C(C=C(N)c2ccc3c(cnn3C)c2)NN)c(OC)cc1N1CCN(C(C)C)CC1. The zero-order chi connectivity index (χ0) is 28.1. The third-order valence-corrected chi connectivity index (χ3v) is 6.89. The number of hydrogen-bond donors (Lipinski definition) is 4. The van der Waals surface area contributed by atoms with Gasteiger partial charge in [-0.25, -0.2) is 10.8 Å². The molecule has 2 heterocycles. The molecule has 39 heavy (non-hydrogen) atoms. The number of rotatable bonds is 8. The molecule has 1 fully saturated rings. The van der Waals surface area contributed by atoms with Gasteiger partial charge in [0.25, 0.3) is 0 Å². The van der Waals surface area contributed by atoms with E-state index in [0.29, 0.717) is 34.7 Å². The summed E-state index contributed by atoms with van der Waals surface area (Å²) >= 11 is 0. The number of hydrogen-bond acceptors (Lipinski definition) is 8. The number of aryl methyl sites for hydroxylation is 1. The van der Waals surface area contributed by atoms with Crippen LogP contribution in [0.1, 0.15) is 19.4 Å². The van der Waals surface area contributed by atoms with Gasteiger partial charge in [-0.2, -0.15) is 5.10 Å². The summed E-state index contributed by atoms with van der Waals surface area (Å²) in [6.45, 7) is 11.5. The van der Waals surface area contributed by atoms with Crippen LogP contribution in [-0.4, -0.2) is 65.8 Å². The largest absolute Gasteiger partial charge is 0.494 e. The summed E-state index contributed by atoms with van der Waals surface area (Å²) in [5.41, 5.74) is 13.2. The normalized spacial score (nSPS) is 15.1. The smallest absolute Gasteiger partial charge is 0.247 e. The number of amides is 1. The lowest BCUT2D eigenvalue weighted by molar-refractivity contribution is -0.111. The van der Waals surface area contributed by atoms with Gasteiger partial charge in [-0.05, 0) is 43.7 Å². The Morgan fingerprint density at radius 2 is 1.95 bits per heavy atom. The maximum Gasteiger partial charge on any atom is 0.247 e. The number of carbonyl (C=O) groups is 1. The minimum absolute atomic E-state index is 0.315. The number of methoxy groups -OCH3 is 1. The molecular formula is C28H37N9O2. The van der Waals surface area contributed by atoms with Crippen molar-refractivity contribution in [2.75, 3.05) is 43.5 Å². The van der Waals surface area contributed by atoms with Gasteiger partial charge < -0.3 is 26.1 Å². The average molecular weight is 532 g/mol. The molecule has 11 nitrogen and oxygen atoms in total. The predicted octanol–water partition coefficient (Wildman–Crippen LogP) is 2.73. The highest BCUT2D eigenvalue weighted by molar-refractivity contribution is 6.03. The number of nitrogens with one attached hydrogen (secondary N) is 2. The summed E-state index contributed by atoms with van der Waals surface area (Å²) in [5.74, 6) is 6.36. The lowest BCUT2D eigenvalue weighted by Gasteiger charge is -2.39. The summed E-state index contributed by atoms with van der Waals surface area (Å²) in [4.78, 5) is 21.7. The summed E-state index contributed by atoms with van der Waals surface area (Å²) in [6, 6.07) is 9.98. The molecular weight excluding hydrogens is 494 g/mol. The fourth-order valence-electron chi connectivity index (χ4n) is 4.64. The Balaban J connectivity index is 1.70. The Kier molecular flexibility index (Phi) is 8.52. The number of piperazine rings is 1. The summed E-state index contributed by atoms with van der Waals surface area (Å²) < 4.78 is 7.50. The van der Waals surface area contributed by atoms with Gasteiger partial charge in [0.15, 0.2) is 0 Å². The molecule has 0 unspecified atom stereocenters. The van der Waals surface area contributed by atoms with Gasteiger partial charge in [0, 0.05) is 62.5 Å². The number of aromatic nitrogens is 2. The van der Waals surface area contributed by atoms with E-state index in [2.05, 4.69) is 51.1 Å². The van der Waals surface area contributed by atoms with Crippen LogP contribution in [0.5, 0.6) is 5.75 Å². The van der Waals surface area contributed by atoms with E-state index in [-0.39, 0.29) is 5.91 Å². The van der Waals surface area contributed by atoms with E-state index in [4.69, 9.17) is 16.3 Å². The monoisotopic (exact) mass is 531 g/mol. The van der Waals surface area contributed by atoms with Crippen LogP contribution in [0.4, 0.5) is 17.1 Å². The van der Waals surface area contributed by atoms with Crippen molar-refractivity contribution in [2.45, 2.75) is 19.9 Å². The van der Waals surface area contributed by atoms with Gasteiger partial charge in [-0.3, -0.25) is 14.4 Å². The van der Waals surface area contributed by atoms with Crippen molar-refractivity contribution in [2.24, 2.45) is 23.6 Å². The number of carbonyl (C=O) groups excluding carboxylic acids is 1. The van der Waals surface area contributed by atoms with E-state index in [0.717, 1.165) is 48.3 Å². The Labute approximate surface area is 228 Å². The quantitative estimate of drug-likeness (QED) is 0.114. The first-order chi connectivity index (χ1) is 18.7. The standard InChI is InChI=1S/C28H37N9O2/c1-6-28(38)33-22-15-23(26(39-5)16-25(22)37-11-9-36(10-12-37)18(2)3)32-27(34-30)14-21(29)19-7-8-24-20(13-19)17-31-35(24)4/h6-8,13-18H,1,9-12,29-30H2,2-5H3,(H,32,34)(H,33,38). The number of anilines is 2. The van der Waals surface area contributed by atoms with Crippen LogP contribution >= 0.6 is 0 Å². The summed E-state index contributed by atoms with van der Waals surface area (Å²) in [7, 11) is 3.47. The Morgan fingerprint density at radius 1 is 1.21 bits per heavy atom. The Morgan fingerprint density at radius 3 is 2.59 bits per heavy atom. The van der Waals surface area contributed by atoms with Crippen LogP contribution in [-0.2, 0) is 11.8 Å². The van der Waals surface area contributed by atoms with Crippen LogP contribution < -0.4 is 32.0 Å². The number of ether oxygens (including phenoxy) is 1. The van der Waals surface area contributed by atoms with Crippen molar-refractivity contribution in [1.82, 2.24) is 20.1 Å². The van der Waals surface area contributed by atoms with Crippen LogP contribution in [0.3, 0.4) is 0 Å². The van der Waals surface area contributed by atoms with Crippen LogP contribution in [0.25, 0.3) is 16.6 Å². The molecule has 11 heteroatoms. The van der Waals surface area contributed by atoms with Crippen LogP contribution in [0.2, 0.25) is 0 Å². The predicted molar refractivity (Wildman–Crippen MR) is 158 cm³/mol. The number of fused-ring (bicyclic) bond motifs is 1. The minimum atomic E-state index is -0.315. The fraction of sp³-hybridized carbons (Fsp3) is 0.321. The first kappa shape index (κ1) is 27.7. The van der Waals surface area contributed by atoms with Crippen molar-refractivity contribution >= 4 is 45.4 Å². The first-order valence-corrected chi connectivity index (χ1v) is 12.8. The van der Waals surface area contributed by atoms with E-state index in [1.807, 2.05) is 31.3 Å². The third-order valence-electron chi connectivity index (χ3n) is 6.89. The van der Waals surface area contributed by atoms with Gasteiger partial charge in [-0.15, -0.1) is 0 Å². The van der Waals surface area contributed by atoms with Gasteiger partial charge in [0.05, 0.1) is 30.2 Å². The summed E-state index contributed by atoms with van der Waals surface area (Å²) in [6.07, 6.45) is 4.68. The molecule has 2 aromatic carbocycles. The molecule has 0 saturated carbocycles. The molecule has 1 aromatic heterocycles. The van der Waals surface area contributed by atoms with Gasteiger partial charge in [0.1, 0.15) is 17.3 Å². The molecule has 0 spiro atoms. The highest BCUT2D eigenvalue weighted by atomic mass is 16.5. The van der Waals surface area contributed by atoms with E-state index >= 15 is 0 Å². The van der Waals surface area contributed by atoms with E-state index in [1.54, 1.807) is 30.1 Å². The molecule has 4 rings (SSSR count). The lowest BCUT2D eigenvalue weighted by Crippen LogP contribution is -2.49. The second kappa shape index (κ2) is 12.0. The van der Waals surface area contributed by atoms with Crippen molar-refractivity contribution in [3.05, 3.63) is 60.8 Å². The number of hydrazine groups is 1. The van der Waals surface area contributed by atoms with Gasteiger partial charge in [0.2, 0.25) is 5.91 Å². The van der Waals surface area contributed by atoms with E-state index < -0.39 is 0 Å². The lowest BCUT2D eigenvalue weighted by atomic mass is 10.1. The second-order valence-corrected chi connectivity index (χ2v) is 9.63. The zero-order valence-electron chi connectivity index (χ0n) is 22.9. The number of aliphatic imine (C=N–C) groups is 1. The van der Waals surface area contributed by atoms with Crippen molar-refractivity contribution in [3.63, 3.8) is 0 Å². The topological polar surface area (TPSA) is 139 Å². The number of nitrogens with zero attached hydrogens (tertiary/aromatic N) is 5.